The fourth-order valence-electron chi connectivity index (χ4n) is 8.71. The molecule has 0 amide bonds. The van der Waals surface area contributed by atoms with Gasteiger partial charge in [-0.05, 0) is 0 Å². The molecule has 7 rings (SSSR count). The molecule has 0 spiro atoms. The van der Waals surface area contributed by atoms with Gasteiger partial charge in [-0.1, -0.05) is 0 Å². The van der Waals surface area contributed by atoms with Gasteiger partial charge >= 0.3 is 279 Å². The summed E-state index contributed by atoms with van der Waals surface area (Å²) < 4.78 is 4.48. The van der Waals surface area contributed by atoms with Crippen molar-refractivity contribution in [3.63, 3.8) is 0 Å². The average Bonchev–Trinajstić information content (AvgIpc) is 3.63. The Morgan fingerprint density at radius 1 is 0.532 bits per heavy atom. The SMILES string of the molecule is CCCCC1=Cc2c(-c3ccc(CC)cc3)cccc2[CH]1[Zr+2]1([CH]2C(CCCC)=Cc3c(-c4ccc(CC)cc4)cccc32)[CH2][CH2]1.[Cl-].[Cl-]. The molecule has 0 N–H and O–H groups in total. The number of fused-ring (bicyclic) bond motifs is 2. The molecular weight excluding hydrogens is 691 g/mol. The van der Waals surface area contributed by atoms with Gasteiger partial charge in [0.05, 0.1) is 0 Å². The van der Waals surface area contributed by atoms with Gasteiger partial charge in [0.15, 0.2) is 0 Å². The Balaban J connectivity index is 0.00000217. The number of halogens is 2. The predicted molar refractivity (Wildman–Crippen MR) is 193 cm³/mol. The van der Waals surface area contributed by atoms with Crippen molar-refractivity contribution in [1.29, 1.82) is 0 Å². The molecule has 1 aliphatic heterocycles. The van der Waals surface area contributed by atoms with Gasteiger partial charge in [-0.15, -0.1) is 0 Å². The zero-order valence-corrected chi connectivity index (χ0v) is 32.7. The number of benzene rings is 4. The largest absolute Gasteiger partial charge is 1.00 e. The Labute approximate surface area is 301 Å². The average molecular weight is 741 g/mol. The third-order valence-corrected chi connectivity index (χ3v) is 24.3. The predicted octanol–water partition coefficient (Wildman–Crippen LogP) is 7.11. The Morgan fingerprint density at radius 2 is 0.936 bits per heavy atom. The molecule has 0 saturated carbocycles. The van der Waals surface area contributed by atoms with Crippen LogP contribution in [0.4, 0.5) is 0 Å². The second-order valence-electron chi connectivity index (χ2n) is 14.0. The van der Waals surface area contributed by atoms with Crippen molar-refractivity contribution >= 4 is 12.2 Å². The van der Waals surface area contributed by atoms with Crippen LogP contribution in [0.1, 0.15) is 107 Å². The van der Waals surface area contributed by atoms with E-state index in [1.807, 2.05) is 0 Å². The molecular formula is C44H50Cl2Zr. The van der Waals surface area contributed by atoms with Gasteiger partial charge < -0.3 is 24.8 Å². The molecule has 1 heterocycles. The van der Waals surface area contributed by atoms with E-state index in [9.17, 15) is 0 Å². The molecule has 47 heavy (non-hydrogen) atoms. The van der Waals surface area contributed by atoms with Crippen molar-refractivity contribution in [2.24, 2.45) is 0 Å². The number of hydrogen-bond acceptors (Lipinski definition) is 0. The second-order valence-corrected chi connectivity index (χ2v) is 25.3. The third kappa shape index (κ3) is 6.72. The first kappa shape index (κ1) is 36.1. The quantitative estimate of drug-likeness (QED) is 0.145. The molecule has 3 aliphatic rings. The minimum Gasteiger partial charge on any atom is -1.00 e. The third-order valence-electron chi connectivity index (χ3n) is 11.3. The Morgan fingerprint density at radius 3 is 1.28 bits per heavy atom. The van der Waals surface area contributed by atoms with Crippen LogP contribution >= 0.6 is 0 Å². The summed E-state index contributed by atoms with van der Waals surface area (Å²) in [6.07, 6.45) is 15.2. The molecule has 2 atom stereocenters. The van der Waals surface area contributed by atoms with Crippen LogP contribution in [-0.2, 0) is 33.1 Å². The first-order chi connectivity index (χ1) is 22.1. The molecule has 4 aromatic rings. The topological polar surface area (TPSA) is 0 Å². The van der Waals surface area contributed by atoms with Gasteiger partial charge in [0.2, 0.25) is 0 Å². The van der Waals surface area contributed by atoms with E-state index in [4.69, 9.17) is 0 Å². The van der Waals surface area contributed by atoms with E-state index in [-0.39, 0.29) is 24.8 Å². The molecule has 0 bridgehead atoms. The Bertz CT molecular complexity index is 1610. The van der Waals surface area contributed by atoms with Crippen LogP contribution in [0.2, 0.25) is 8.26 Å². The summed E-state index contributed by atoms with van der Waals surface area (Å²) in [4.78, 5) is 0. The summed E-state index contributed by atoms with van der Waals surface area (Å²) >= 11 is -2.75. The molecule has 0 nitrogen and oxygen atoms in total. The summed E-state index contributed by atoms with van der Waals surface area (Å²) in [5.74, 6) is 0. The van der Waals surface area contributed by atoms with E-state index in [1.54, 1.807) is 33.4 Å². The summed E-state index contributed by atoms with van der Waals surface area (Å²) in [5, 5.41) is 0. The molecule has 0 radical (unpaired) electrons. The monoisotopic (exact) mass is 738 g/mol. The van der Waals surface area contributed by atoms with Crippen LogP contribution in [0, 0.1) is 0 Å². The fraction of sp³-hybridized carbons (Fsp3) is 0.364. The van der Waals surface area contributed by atoms with Crippen molar-refractivity contribution in [2.45, 2.75) is 94.6 Å². The van der Waals surface area contributed by atoms with E-state index >= 15 is 0 Å². The van der Waals surface area contributed by atoms with Crippen LogP contribution in [0.5, 0.6) is 0 Å². The first-order valence-electron chi connectivity index (χ1n) is 18.0. The molecule has 1 saturated heterocycles. The van der Waals surface area contributed by atoms with Crippen LogP contribution < -0.4 is 24.8 Å². The molecule has 2 aliphatic carbocycles. The van der Waals surface area contributed by atoms with E-state index < -0.39 is 20.3 Å². The standard InChI is InChI=1S/2C21H23.C2H4.2ClH.Zr/c2*1-3-5-7-17-14-19-8-6-9-20(21(19)15-17)18-12-10-16(4-2)11-13-18;1-2;;;/h2*6,8-15H,3-5,7H2,1-2H3;1-2H2;2*1H;/q;;;;;+2/p-2. The van der Waals surface area contributed by atoms with E-state index in [1.165, 1.54) is 80.2 Å². The minimum absolute atomic E-state index is 0. The smallest absolute Gasteiger partial charge is 1.00 e. The van der Waals surface area contributed by atoms with E-state index in [0.717, 1.165) is 12.8 Å². The summed E-state index contributed by atoms with van der Waals surface area (Å²) in [7, 11) is 0. The molecule has 0 aromatic heterocycles. The maximum absolute atomic E-state index is 2.75. The molecule has 1 fully saturated rings. The molecule has 2 unspecified atom stereocenters. The van der Waals surface area contributed by atoms with Gasteiger partial charge in [-0.2, -0.15) is 0 Å². The number of hydrogen-bond donors (Lipinski definition) is 0. The van der Waals surface area contributed by atoms with Crippen LogP contribution in [0.25, 0.3) is 34.4 Å². The Kier molecular flexibility index (Phi) is 12.0. The van der Waals surface area contributed by atoms with Crippen molar-refractivity contribution in [1.82, 2.24) is 0 Å². The maximum atomic E-state index is 2.69. The van der Waals surface area contributed by atoms with Crippen LogP contribution in [-0.4, -0.2) is 0 Å². The van der Waals surface area contributed by atoms with Crippen molar-refractivity contribution in [3.05, 3.63) is 129 Å². The van der Waals surface area contributed by atoms with E-state index in [0.29, 0.717) is 7.25 Å². The number of allylic oxidation sites excluding steroid dienone is 2. The van der Waals surface area contributed by atoms with Gasteiger partial charge in [-0.25, -0.2) is 0 Å². The van der Waals surface area contributed by atoms with Gasteiger partial charge in [0.25, 0.3) is 0 Å². The number of rotatable bonds is 12. The molecule has 4 aromatic carbocycles. The summed E-state index contributed by atoms with van der Waals surface area (Å²) in [6, 6.07) is 33.4. The maximum Gasteiger partial charge on any atom is -1.00 e. The minimum atomic E-state index is -2.75. The van der Waals surface area contributed by atoms with Crippen molar-refractivity contribution < 1.29 is 45.1 Å². The zero-order valence-electron chi connectivity index (χ0n) is 28.7. The van der Waals surface area contributed by atoms with Gasteiger partial charge in [0.1, 0.15) is 0 Å². The van der Waals surface area contributed by atoms with Crippen LogP contribution in [0.15, 0.2) is 96.1 Å². The van der Waals surface area contributed by atoms with Crippen molar-refractivity contribution in [3.8, 4) is 22.3 Å². The van der Waals surface area contributed by atoms with E-state index in [2.05, 4.69) is 125 Å². The van der Waals surface area contributed by atoms with Gasteiger partial charge in [-0.3, -0.25) is 0 Å². The van der Waals surface area contributed by atoms with Gasteiger partial charge in [0, 0.05) is 0 Å². The molecule has 3 heteroatoms. The van der Waals surface area contributed by atoms with Crippen LogP contribution in [0.3, 0.4) is 0 Å². The summed E-state index contributed by atoms with van der Waals surface area (Å²) in [5.41, 5.74) is 18.5. The zero-order chi connectivity index (χ0) is 31.0. The molecule has 244 valence electrons. The fourth-order valence-corrected chi connectivity index (χ4v) is 26.3. The number of aryl methyl sites for hydroxylation is 2. The normalized spacial score (nSPS) is 17.7. The second kappa shape index (κ2) is 15.6. The summed E-state index contributed by atoms with van der Waals surface area (Å²) in [6.45, 7) is 9.23. The van der Waals surface area contributed by atoms with Crippen molar-refractivity contribution in [2.75, 3.05) is 0 Å². The number of unbranched alkanes of at least 4 members (excludes halogenated alkanes) is 2. The Hall–Kier alpha value is -2.18. The first-order valence-corrected chi connectivity index (χ1v) is 24.3.